The zero-order valence-corrected chi connectivity index (χ0v) is 5.57. The Morgan fingerprint density at radius 3 is 2.29 bits per heavy atom. The van der Waals surface area contributed by atoms with E-state index in [1.54, 1.807) is 0 Å². The predicted molar refractivity (Wildman–Crippen MR) is 37.6 cm³/mol. The Bertz CT molecular complexity index is 86.4. The van der Waals surface area contributed by atoms with Gasteiger partial charge in [0.1, 0.15) is 0 Å². The van der Waals surface area contributed by atoms with Gasteiger partial charge in [-0.25, -0.2) is 0 Å². The van der Waals surface area contributed by atoms with Gasteiger partial charge in [0.2, 0.25) is 0 Å². The van der Waals surface area contributed by atoms with Crippen LogP contribution in [-0.2, 0) is 0 Å². The van der Waals surface area contributed by atoms with Crippen molar-refractivity contribution in [1.82, 2.24) is 0 Å². The Balaban J connectivity index is 3.46. The number of allylic oxidation sites excluding steroid dienone is 4. The molecule has 0 atom stereocenters. The van der Waals surface area contributed by atoms with E-state index in [-0.39, 0.29) is 0 Å². The average Bonchev–Trinajstić information content (AvgIpc) is 1.61. The molecule has 0 heterocycles. The van der Waals surface area contributed by atoms with Gasteiger partial charge < -0.3 is 0 Å². The standard InChI is InChI=1S/C6H10S/c1-3-4-5-6(2)7/h3-5,7H,1-2H3/b4-3+,6-5?. The Morgan fingerprint density at radius 1 is 1.57 bits per heavy atom. The fraction of sp³-hybridized carbons (Fsp3) is 0.333. The molecular weight excluding hydrogens is 104 g/mol. The van der Waals surface area contributed by atoms with Gasteiger partial charge in [-0.15, -0.1) is 12.6 Å². The summed E-state index contributed by atoms with van der Waals surface area (Å²) >= 11 is 4.04. The van der Waals surface area contributed by atoms with E-state index in [1.807, 2.05) is 32.1 Å². The second-order valence-corrected chi connectivity index (χ2v) is 2.04. The zero-order valence-electron chi connectivity index (χ0n) is 4.68. The second kappa shape index (κ2) is 4.00. The fourth-order valence-electron chi connectivity index (χ4n) is 0.235. The lowest BCUT2D eigenvalue weighted by Crippen LogP contribution is -1.51. The monoisotopic (exact) mass is 114 g/mol. The quantitative estimate of drug-likeness (QED) is 0.393. The molecule has 0 aromatic rings. The summed E-state index contributed by atoms with van der Waals surface area (Å²) < 4.78 is 0. The van der Waals surface area contributed by atoms with Crippen molar-refractivity contribution >= 4 is 12.6 Å². The van der Waals surface area contributed by atoms with E-state index in [0.717, 1.165) is 4.91 Å². The van der Waals surface area contributed by atoms with E-state index < -0.39 is 0 Å². The van der Waals surface area contributed by atoms with Gasteiger partial charge in [0.15, 0.2) is 0 Å². The highest BCUT2D eigenvalue weighted by Crippen LogP contribution is 1.95. The number of hydrogen-bond donors (Lipinski definition) is 1. The molecule has 0 spiro atoms. The smallest absolute Gasteiger partial charge is 0.0215 e. The SMILES string of the molecule is C/C=C/C=C(C)S. The lowest BCUT2D eigenvalue weighted by molar-refractivity contribution is 1.65. The van der Waals surface area contributed by atoms with E-state index >= 15 is 0 Å². The molecule has 40 valence electrons. The lowest BCUT2D eigenvalue weighted by Gasteiger charge is -1.77. The summed E-state index contributed by atoms with van der Waals surface area (Å²) in [6.07, 6.45) is 5.88. The summed E-state index contributed by atoms with van der Waals surface area (Å²) in [5.41, 5.74) is 0. The minimum absolute atomic E-state index is 1.04. The number of rotatable bonds is 1. The molecule has 0 amide bonds. The van der Waals surface area contributed by atoms with E-state index in [4.69, 9.17) is 0 Å². The molecule has 0 bridgehead atoms. The minimum Gasteiger partial charge on any atom is -0.148 e. The summed E-state index contributed by atoms with van der Waals surface area (Å²) in [6, 6.07) is 0. The van der Waals surface area contributed by atoms with E-state index in [9.17, 15) is 0 Å². The van der Waals surface area contributed by atoms with Crippen LogP contribution in [0.5, 0.6) is 0 Å². The highest BCUT2D eigenvalue weighted by Gasteiger charge is 1.66. The van der Waals surface area contributed by atoms with Gasteiger partial charge in [-0.3, -0.25) is 0 Å². The van der Waals surface area contributed by atoms with Gasteiger partial charge in [0.25, 0.3) is 0 Å². The lowest BCUT2D eigenvalue weighted by atomic mass is 10.5. The molecule has 0 aromatic carbocycles. The summed E-state index contributed by atoms with van der Waals surface area (Å²) in [5.74, 6) is 0. The molecule has 7 heavy (non-hydrogen) atoms. The van der Waals surface area contributed by atoms with Crippen LogP contribution in [0.2, 0.25) is 0 Å². The number of hydrogen-bond acceptors (Lipinski definition) is 1. The van der Waals surface area contributed by atoms with E-state index in [1.165, 1.54) is 0 Å². The molecule has 0 saturated carbocycles. The van der Waals surface area contributed by atoms with Crippen molar-refractivity contribution in [2.24, 2.45) is 0 Å². The normalized spacial score (nSPS) is 13.3. The van der Waals surface area contributed by atoms with Crippen LogP contribution < -0.4 is 0 Å². The average molecular weight is 114 g/mol. The highest BCUT2D eigenvalue weighted by molar-refractivity contribution is 7.84. The first-order chi connectivity index (χ1) is 3.27. The third kappa shape index (κ3) is 5.83. The third-order valence-corrected chi connectivity index (χ3v) is 0.679. The van der Waals surface area contributed by atoms with E-state index in [0.29, 0.717) is 0 Å². The molecule has 0 aromatic heterocycles. The van der Waals surface area contributed by atoms with Gasteiger partial charge in [0.05, 0.1) is 0 Å². The first-order valence-corrected chi connectivity index (χ1v) is 2.70. The summed E-state index contributed by atoms with van der Waals surface area (Å²) in [5, 5.41) is 0. The van der Waals surface area contributed by atoms with Gasteiger partial charge in [-0.05, 0) is 18.8 Å². The van der Waals surface area contributed by atoms with Crippen molar-refractivity contribution in [3.63, 3.8) is 0 Å². The Hall–Kier alpha value is -0.170. The van der Waals surface area contributed by atoms with Gasteiger partial charge in [-0.1, -0.05) is 18.2 Å². The van der Waals surface area contributed by atoms with Crippen molar-refractivity contribution in [3.8, 4) is 0 Å². The molecule has 0 aliphatic heterocycles. The van der Waals surface area contributed by atoms with Crippen LogP contribution in [0.15, 0.2) is 23.1 Å². The maximum atomic E-state index is 4.04. The first-order valence-electron chi connectivity index (χ1n) is 2.26. The van der Waals surface area contributed by atoms with Crippen LogP contribution in [-0.4, -0.2) is 0 Å². The summed E-state index contributed by atoms with van der Waals surface area (Å²) in [7, 11) is 0. The van der Waals surface area contributed by atoms with Crippen molar-refractivity contribution in [2.75, 3.05) is 0 Å². The predicted octanol–water partition coefficient (Wildman–Crippen LogP) is 2.40. The maximum absolute atomic E-state index is 4.04. The third-order valence-electron chi connectivity index (χ3n) is 0.530. The summed E-state index contributed by atoms with van der Waals surface area (Å²) in [4.78, 5) is 1.04. The molecule has 0 rings (SSSR count). The van der Waals surface area contributed by atoms with Crippen LogP contribution >= 0.6 is 12.6 Å². The van der Waals surface area contributed by atoms with Crippen LogP contribution in [0.4, 0.5) is 0 Å². The highest BCUT2D eigenvalue weighted by atomic mass is 32.1. The molecular formula is C6H10S. The van der Waals surface area contributed by atoms with Crippen LogP contribution in [0.3, 0.4) is 0 Å². The van der Waals surface area contributed by atoms with Crippen LogP contribution in [0.25, 0.3) is 0 Å². The molecule has 0 saturated heterocycles. The van der Waals surface area contributed by atoms with Crippen molar-refractivity contribution in [3.05, 3.63) is 23.1 Å². The zero-order chi connectivity index (χ0) is 5.70. The Morgan fingerprint density at radius 2 is 2.14 bits per heavy atom. The Labute approximate surface area is 50.3 Å². The molecule has 0 aliphatic rings. The summed E-state index contributed by atoms with van der Waals surface area (Å²) in [6.45, 7) is 3.93. The van der Waals surface area contributed by atoms with Crippen molar-refractivity contribution < 1.29 is 0 Å². The number of thiol groups is 1. The van der Waals surface area contributed by atoms with Crippen LogP contribution in [0, 0.1) is 0 Å². The first kappa shape index (κ1) is 6.83. The van der Waals surface area contributed by atoms with Gasteiger partial charge >= 0.3 is 0 Å². The van der Waals surface area contributed by atoms with Gasteiger partial charge in [-0.2, -0.15) is 0 Å². The molecule has 0 fully saturated rings. The fourth-order valence-corrected chi connectivity index (χ4v) is 0.322. The molecule has 0 nitrogen and oxygen atoms in total. The maximum Gasteiger partial charge on any atom is -0.0215 e. The topological polar surface area (TPSA) is 0 Å². The molecule has 1 heteroatoms. The van der Waals surface area contributed by atoms with Crippen molar-refractivity contribution in [2.45, 2.75) is 13.8 Å². The largest absolute Gasteiger partial charge is 0.148 e. The molecule has 0 unspecified atom stereocenters. The van der Waals surface area contributed by atoms with Crippen molar-refractivity contribution in [1.29, 1.82) is 0 Å². The minimum atomic E-state index is 1.04. The van der Waals surface area contributed by atoms with Gasteiger partial charge in [0, 0.05) is 0 Å². The van der Waals surface area contributed by atoms with Crippen LogP contribution in [0.1, 0.15) is 13.8 Å². The van der Waals surface area contributed by atoms with E-state index in [2.05, 4.69) is 12.6 Å². The molecule has 0 N–H and O–H groups in total. The second-order valence-electron chi connectivity index (χ2n) is 1.33. The molecule has 0 aliphatic carbocycles. The molecule has 0 radical (unpaired) electrons. The Kier molecular flexibility index (Phi) is 3.90.